The molecule has 0 aromatic heterocycles. The quantitative estimate of drug-likeness (QED) is 0.897. The summed E-state index contributed by atoms with van der Waals surface area (Å²) in [4.78, 5) is 12.3. The summed E-state index contributed by atoms with van der Waals surface area (Å²) < 4.78 is 19.4. The van der Waals surface area contributed by atoms with E-state index in [9.17, 15) is 9.18 Å². The molecule has 1 atom stereocenters. The molecule has 2 rings (SSSR count). The highest BCUT2D eigenvalue weighted by Gasteiger charge is 2.20. The Labute approximate surface area is 130 Å². The molecule has 22 heavy (non-hydrogen) atoms. The van der Waals surface area contributed by atoms with Crippen LogP contribution in [0.3, 0.4) is 0 Å². The number of ether oxygens (including phenoxy) is 1. The van der Waals surface area contributed by atoms with Gasteiger partial charge in [0.25, 0.3) is 5.91 Å². The number of aryl methyl sites for hydroxylation is 2. The lowest BCUT2D eigenvalue weighted by Gasteiger charge is -2.19. The minimum atomic E-state index is -0.666. The number of carbonyl (C=O) groups excluding carboxylic acids is 1. The Morgan fingerprint density at radius 1 is 1.23 bits per heavy atom. The molecule has 116 valence electrons. The van der Waals surface area contributed by atoms with Gasteiger partial charge >= 0.3 is 0 Å². The van der Waals surface area contributed by atoms with Crippen LogP contribution in [0.15, 0.2) is 42.5 Å². The number of hydrogen-bond acceptors (Lipinski definition) is 2. The van der Waals surface area contributed by atoms with Crippen LogP contribution in [-0.2, 0) is 4.79 Å². The maximum atomic E-state index is 13.6. The zero-order chi connectivity index (χ0) is 16.1. The summed E-state index contributed by atoms with van der Waals surface area (Å²) in [6.07, 6.45) is -0.172. The van der Waals surface area contributed by atoms with E-state index in [4.69, 9.17) is 4.74 Å². The number of carbonyl (C=O) groups is 1. The Morgan fingerprint density at radius 2 is 1.95 bits per heavy atom. The average Bonchev–Trinajstić information content (AvgIpc) is 2.49. The van der Waals surface area contributed by atoms with Gasteiger partial charge in [-0.15, -0.1) is 0 Å². The molecule has 4 heteroatoms. The minimum Gasteiger partial charge on any atom is -0.480 e. The van der Waals surface area contributed by atoms with Crippen molar-refractivity contribution in [2.24, 2.45) is 0 Å². The number of halogens is 1. The number of hydrogen-bond donors (Lipinski definition) is 1. The average molecular weight is 301 g/mol. The van der Waals surface area contributed by atoms with Gasteiger partial charge in [0.15, 0.2) is 6.10 Å². The van der Waals surface area contributed by atoms with Gasteiger partial charge in [-0.1, -0.05) is 36.8 Å². The minimum absolute atomic E-state index is 0.162. The van der Waals surface area contributed by atoms with Crippen LogP contribution >= 0.6 is 0 Å². The highest BCUT2D eigenvalue weighted by atomic mass is 19.1. The summed E-state index contributed by atoms with van der Waals surface area (Å²) in [6, 6.07) is 11.9. The van der Waals surface area contributed by atoms with Crippen molar-refractivity contribution in [2.75, 3.05) is 5.32 Å². The highest BCUT2D eigenvalue weighted by Crippen LogP contribution is 2.21. The summed E-state index contributed by atoms with van der Waals surface area (Å²) in [5.41, 5.74) is 2.26. The van der Waals surface area contributed by atoms with Crippen molar-refractivity contribution in [1.82, 2.24) is 0 Å². The van der Waals surface area contributed by atoms with E-state index in [1.165, 1.54) is 12.1 Å². The van der Waals surface area contributed by atoms with Gasteiger partial charge in [-0.3, -0.25) is 4.79 Å². The van der Waals surface area contributed by atoms with Crippen LogP contribution < -0.4 is 10.1 Å². The number of nitrogens with one attached hydrogen (secondary N) is 1. The van der Waals surface area contributed by atoms with Crippen LogP contribution in [0.2, 0.25) is 0 Å². The van der Waals surface area contributed by atoms with Gasteiger partial charge < -0.3 is 10.1 Å². The third kappa shape index (κ3) is 3.85. The van der Waals surface area contributed by atoms with Gasteiger partial charge in [0.2, 0.25) is 0 Å². The van der Waals surface area contributed by atoms with Gasteiger partial charge in [-0.2, -0.15) is 0 Å². The molecule has 0 aliphatic heterocycles. The molecule has 1 unspecified atom stereocenters. The molecule has 1 amide bonds. The molecule has 2 aromatic rings. The smallest absolute Gasteiger partial charge is 0.265 e. The molecule has 0 radical (unpaired) electrons. The summed E-state index contributed by atoms with van der Waals surface area (Å²) >= 11 is 0. The summed E-state index contributed by atoms with van der Waals surface area (Å²) in [6.45, 7) is 5.79. The van der Waals surface area contributed by atoms with Crippen LogP contribution in [0.4, 0.5) is 10.1 Å². The number of rotatable bonds is 5. The zero-order valence-electron chi connectivity index (χ0n) is 13.0. The van der Waals surface area contributed by atoms with E-state index in [1.54, 1.807) is 12.1 Å². The third-order valence-corrected chi connectivity index (χ3v) is 3.39. The lowest BCUT2D eigenvalue weighted by Crippen LogP contribution is -2.32. The van der Waals surface area contributed by atoms with E-state index < -0.39 is 11.9 Å². The van der Waals surface area contributed by atoms with E-state index in [1.807, 2.05) is 39.0 Å². The van der Waals surface area contributed by atoms with E-state index >= 15 is 0 Å². The van der Waals surface area contributed by atoms with Crippen LogP contribution in [0, 0.1) is 19.7 Å². The van der Waals surface area contributed by atoms with Crippen LogP contribution in [-0.4, -0.2) is 12.0 Å². The largest absolute Gasteiger partial charge is 0.480 e. The second-order valence-corrected chi connectivity index (χ2v) is 5.25. The predicted octanol–water partition coefficient (Wildman–Crippen LogP) is 4.24. The summed E-state index contributed by atoms with van der Waals surface area (Å²) in [7, 11) is 0. The van der Waals surface area contributed by atoms with Crippen molar-refractivity contribution in [1.29, 1.82) is 0 Å². The Hall–Kier alpha value is -2.36. The molecular weight excluding hydrogens is 281 g/mol. The molecule has 0 aliphatic carbocycles. The first-order chi connectivity index (χ1) is 10.5. The molecule has 2 aromatic carbocycles. The monoisotopic (exact) mass is 301 g/mol. The molecule has 0 heterocycles. The lowest BCUT2D eigenvalue weighted by molar-refractivity contribution is -0.122. The van der Waals surface area contributed by atoms with Gasteiger partial charge in [0.05, 0.1) is 5.69 Å². The number of anilines is 1. The van der Waals surface area contributed by atoms with E-state index in [0.29, 0.717) is 12.2 Å². The van der Waals surface area contributed by atoms with Crippen molar-refractivity contribution in [3.05, 3.63) is 59.4 Å². The molecular formula is C18H20FNO2. The highest BCUT2D eigenvalue weighted by molar-refractivity contribution is 5.94. The topological polar surface area (TPSA) is 38.3 Å². The number of benzene rings is 2. The molecule has 0 spiro atoms. The zero-order valence-corrected chi connectivity index (χ0v) is 13.0. The summed E-state index contributed by atoms with van der Waals surface area (Å²) in [5.74, 6) is -0.147. The molecule has 0 saturated heterocycles. The van der Waals surface area contributed by atoms with Gasteiger partial charge in [0, 0.05) is 0 Å². The first-order valence-electron chi connectivity index (χ1n) is 7.30. The first-order valence-corrected chi connectivity index (χ1v) is 7.30. The van der Waals surface area contributed by atoms with Gasteiger partial charge in [-0.05, 0) is 44.0 Å². The molecule has 1 N–H and O–H groups in total. The SMILES string of the molecule is CCC(Oc1ccc(C)cc1C)C(=O)Nc1ccccc1F. The fourth-order valence-electron chi connectivity index (χ4n) is 2.18. The van der Waals surface area contributed by atoms with Crippen molar-refractivity contribution >= 4 is 11.6 Å². The van der Waals surface area contributed by atoms with Crippen molar-refractivity contribution in [2.45, 2.75) is 33.3 Å². The molecule has 0 bridgehead atoms. The molecule has 3 nitrogen and oxygen atoms in total. The van der Waals surface area contributed by atoms with Crippen LogP contribution in [0.25, 0.3) is 0 Å². The van der Waals surface area contributed by atoms with Crippen LogP contribution in [0.5, 0.6) is 5.75 Å². The molecule has 0 fully saturated rings. The first kappa shape index (κ1) is 16.0. The van der Waals surface area contributed by atoms with Crippen molar-refractivity contribution in [3.63, 3.8) is 0 Å². The maximum absolute atomic E-state index is 13.6. The third-order valence-electron chi connectivity index (χ3n) is 3.39. The normalized spacial score (nSPS) is 11.8. The van der Waals surface area contributed by atoms with Gasteiger partial charge in [-0.25, -0.2) is 4.39 Å². The molecule has 0 saturated carbocycles. The van der Waals surface area contributed by atoms with Gasteiger partial charge in [0.1, 0.15) is 11.6 Å². The molecule has 0 aliphatic rings. The second kappa shape index (κ2) is 7.07. The van der Waals surface area contributed by atoms with E-state index in [0.717, 1.165) is 11.1 Å². The number of para-hydroxylation sites is 1. The standard InChI is InChI=1S/C18H20FNO2/c1-4-16(22-17-10-9-12(2)11-13(17)3)18(21)20-15-8-6-5-7-14(15)19/h5-11,16H,4H2,1-3H3,(H,20,21). The fraction of sp³-hybridized carbons (Fsp3) is 0.278. The Kier molecular flexibility index (Phi) is 5.15. The van der Waals surface area contributed by atoms with E-state index in [-0.39, 0.29) is 11.6 Å². The van der Waals surface area contributed by atoms with Crippen LogP contribution in [0.1, 0.15) is 24.5 Å². The van der Waals surface area contributed by atoms with E-state index in [2.05, 4.69) is 5.32 Å². The fourth-order valence-corrected chi connectivity index (χ4v) is 2.18. The summed E-state index contributed by atoms with van der Waals surface area (Å²) in [5, 5.41) is 2.57. The Morgan fingerprint density at radius 3 is 2.59 bits per heavy atom. The number of amides is 1. The maximum Gasteiger partial charge on any atom is 0.265 e. The Balaban J connectivity index is 2.11. The predicted molar refractivity (Wildman–Crippen MR) is 85.7 cm³/mol. The Bertz CT molecular complexity index is 670. The van der Waals surface area contributed by atoms with Crippen molar-refractivity contribution in [3.8, 4) is 5.75 Å². The van der Waals surface area contributed by atoms with Crippen molar-refractivity contribution < 1.29 is 13.9 Å². The lowest BCUT2D eigenvalue weighted by atomic mass is 10.1. The second-order valence-electron chi connectivity index (χ2n) is 5.25.